The Morgan fingerprint density at radius 1 is 1.17 bits per heavy atom. The maximum Gasteiger partial charge on any atom is 0.325 e. The lowest BCUT2D eigenvalue weighted by Gasteiger charge is -2.20. The van der Waals surface area contributed by atoms with Crippen molar-refractivity contribution in [2.45, 2.75) is 69.9 Å². The summed E-state index contributed by atoms with van der Waals surface area (Å²) in [6, 6.07) is 5.37. The molecule has 4 amide bonds. The third kappa shape index (κ3) is 3.91. The molecule has 0 radical (unpaired) electrons. The Morgan fingerprint density at radius 2 is 1.90 bits per heavy atom. The molecule has 2 N–H and O–H groups in total. The van der Waals surface area contributed by atoms with Gasteiger partial charge in [0.05, 0.1) is 6.42 Å². The van der Waals surface area contributed by atoms with Gasteiger partial charge in [-0.05, 0) is 62.3 Å². The predicted octanol–water partition coefficient (Wildman–Crippen LogP) is 2.30. The first-order valence-corrected chi connectivity index (χ1v) is 10.6. The van der Waals surface area contributed by atoms with Gasteiger partial charge in [0.2, 0.25) is 0 Å². The number of hydrogen-bond acceptors (Lipinski definition) is 5. The molecule has 160 valence electrons. The van der Waals surface area contributed by atoms with Gasteiger partial charge in [0.1, 0.15) is 5.54 Å². The molecule has 8 nitrogen and oxygen atoms in total. The lowest BCUT2D eigenvalue weighted by molar-refractivity contribution is -0.153. The second-order valence-corrected chi connectivity index (χ2v) is 8.38. The Morgan fingerprint density at radius 3 is 2.67 bits per heavy atom. The number of esters is 1. The molecule has 1 saturated heterocycles. The number of carbonyl (C=O) groups is 4. The fraction of sp³-hybridized carbons (Fsp3) is 0.545. The van der Waals surface area contributed by atoms with E-state index in [0.717, 1.165) is 37.0 Å². The maximum atomic E-state index is 12.6. The highest BCUT2D eigenvalue weighted by Gasteiger charge is 2.52. The van der Waals surface area contributed by atoms with Crippen LogP contribution in [0.15, 0.2) is 18.2 Å². The first kappa shape index (κ1) is 20.4. The molecule has 1 aromatic carbocycles. The summed E-state index contributed by atoms with van der Waals surface area (Å²) in [4.78, 5) is 50.4. The zero-order chi connectivity index (χ0) is 21.3. The normalized spacial score (nSPS) is 20.2. The largest absolute Gasteiger partial charge is 0.452 e. The molecule has 1 aliphatic heterocycles. The highest BCUT2D eigenvalue weighted by Crippen LogP contribution is 2.35. The minimum Gasteiger partial charge on any atom is -0.452 e. The number of benzene rings is 1. The van der Waals surface area contributed by atoms with E-state index in [2.05, 4.69) is 10.6 Å². The molecule has 2 aliphatic carbocycles. The smallest absolute Gasteiger partial charge is 0.325 e. The molecule has 1 spiro atoms. The van der Waals surface area contributed by atoms with Gasteiger partial charge in [0.15, 0.2) is 6.10 Å². The van der Waals surface area contributed by atoms with Gasteiger partial charge in [0.25, 0.3) is 11.8 Å². The monoisotopic (exact) mass is 413 g/mol. The average Bonchev–Trinajstić information content (AvgIpc) is 3.41. The molecule has 4 rings (SSSR count). The van der Waals surface area contributed by atoms with Gasteiger partial charge in [-0.1, -0.05) is 18.9 Å². The van der Waals surface area contributed by atoms with Crippen molar-refractivity contribution in [3.8, 4) is 0 Å². The lowest BCUT2D eigenvalue weighted by atomic mass is 9.98. The van der Waals surface area contributed by atoms with Crippen molar-refractivity contribution in [1.29, 1.82) is 0 Å². The van der Waals surface area contributed by atoms with Crippen LogP contribution >= 0.6 is 0 Å². The quantitative estimate of drug-likeness (QED) is 0.550. The van der Waals surface area contributed by atoms with Crippen LogP contribution in [0.2, 0.25) is 0 Å². The summed E-state index contributed by atoms with van der Waals surface area (Å²) in [5.41, 5.74) is 2.45. The summed E-state index contributed by atoms with van der Waals surface area (Å²) >= 11 is 0. The van der Waals surface area contributed by atoms with Crippen LogP contribution in [0.1, 0.15) is 56.6 Å². The minimum absolute atomic E-state index is 0.0512. The van der Waals surface area contributed by atoms with Gasteiger partial charge in [-0.25, -0.2) is 4.79 Å². The van der Waals surface area contributed by atoms with Crippen LogP contribution in [0.5, 0.6) is 0 Å². The molecule has 1 aromatic rings. The van der Waals surface area contributed by atoms with E-state index in [-0.39, 0.29) is 18.9 Å². The highest BCUT2D eigenvalue weighted by molar-refractivity contribution is 6.07. The Labute approximate surface area is 175 Å². The zero-order valence-corrected chi connectivity index (χ0v) is 17.2. The lowest BCUT2D eigenvalue weighted by Crippen LogP contribution is -2.44. The summed E-state index contributed by atoms with van der Waals surface area (Å²) in [6.07, 6.45) is 5.15. The Balaban J connectivity index is 1.26. The SMILES string of the molecule is C[C@@H](OC(=O)CCN1C(=O)NC2(CCCC2)C1=O)C(=O)Nc1ccc2c(c1)CCC2. The van der Waals surface area contributed by atoms with Gasteiger partial charge in [0, 0.05) is 12.2 Å². The molecule has 0 aromatic heterocycles. The molecule has 2 fully saturated rings. The number of ether oxygens (including phenoxy) is 1. The summed E-state index contributed by atoms with van der Waals surface area (Å²) in [5, 5.41) is 5.55. The molecule has 30 heavy (non-hydrogen) atoms. The standard InChI is InChI=1S/C22H27N3O5/c1-14(19(27)23-17-8-7-15-5-4-6-16(15)13-17)30-18(26)9-12-25-20(28)22(24-21(25)29)10-2-3-11-22/h7-8,13-14H,2-6,9-12H2,1H3,(H,23,27)(H,24,29)/t14-/m1/s1. The Bertz CT molecular complexity index is 891. The first-order chi connectivity index (χ1) is 14.4. The number of urea groups is 1. The minimum atomic E-state index is -0.977. The first-order valence-electron chi connectivity index (χ1n) is 10.6. The van der Waals surface area contributed by atoms with E-state index in [1.165, 1.54) is 18.1 Å². The van der Waals surface area contributed by atoms with E-state index in [1.807, 2.05) is 18.2 Å². The molecule has 1 heterocycles. The fourth-order valence-corrected chi connectivity index (χ4v) is 4.60. The molecular weight excluding hydrogens is 386 g/mol. The fourth-order valence-electron chi connectivity index (χ4n) is 4.60. The summed E-state index contributed by atoms with van der Waals surface area (Å²) in [6.45, 7) is 1.45. The van der Waals surface area contributed by atoms with Crippen molar-refractivity contribution in [3.63, 3.8) is 0 Å². The van der Waals surface area contributed by atoms with Gasteiger partial charge < -0.3 is 15.4 Å². The van der Waals surface area contributed by atoms with Gasteiger partial charge in [-0.15, -0.1) is 0 Å². The number of amides is 4. The number of anilines is 1. The molecule has 8 heteroatoms. The number of carbonyl (C=O) groups excluding carboxylic acids is 4. The van der Waals surface area contributed by atoms with Gasteiger partial charge in [-0.2, -0.15) is 0 Å². The van der Waals surface area contributed by atoms with Crippen molar-refractivity contribution in [2.24, 2.45) is 0 Å². The average molecular weight is 413 g/mol. The summed E-state index contributed by atoms with van der Waals surface area (Å²) in [5.74, 6) is -1.30. The van der Waals surface area contributed by atoms with Crippen molar-refractivity contribution in [3.05, 3.63) is 29.3 Å². The Kier molecular flexibility index (Phi) is 5.49. The van der Waals surface area contributed by atoms with Crippen LogP contribution in [-0.4, -0.2) is 46.9 Å². The van der Waals surface area contributed by atoms with Gasteiger partial charge in [-0.3, -0.25) is 19.3 Å². The molecular formula is C22H27N3O5. The predicted molar refractivity (Wildman–Crippen MR) is 109 cm³/mol. The third-order valence-corrected chi connectivity index (χ3v) is 6.29. The number of aryl methyl sites for hydroxylation is 2. The second kappa shape index (κ2) is 8.08. The molecule has 1 saturated carbocycles. The number of nitrogens with one attached hydrogen (secondary N) is 2. The van der Waals surface area contributed by atoms with Crippen molar-refractivity contribution in [2.75, 3.05) is 11.9 Å². The number of fused-ring (bicyclic) bond motifs is 1. The third-order valence-electron chi connectivity index (χ3n) is 6.29. The van der Waals surface area contributed by atoms with Crippen molar-refractivity contribution >= 4 is 29.5 Å². The summed E-state index contributed by atoms with van der Waals surface area (Å²) < 4.78 is 5.20. The second-order valence-electron chi connectivity index (χ2n) is 8.38. The van der Waals surface area contributed by atoms with Crippen LogP contribution in [0, 0.1) is 0 Å². The van der Waals surface area contributed by atoms with Crippen molar-refractivity contribution in [1.82, 2.24) is 10.2 Å². The number of hydrogen-bond donors (Lipinski definition) is 2. The van der Waals surface area contributed by atoms with Crippen LogP contribution < -0.4 is 10.6 Å². The number of nitrogens with zero attached hydrogens (tertiary/aromatic N) is 1. The maximum absolute atomic E-state index is 12.6. The van der Waals surface area contributed by atoms with Crippen LogP contribution in [-0.2, 0) is 32.0 Å². The molecule has 0 unspecified atom stereocenters. The van der Waals surface area contributed by atoms with E-state index < -0.39 is 29.6 Å². The van der Waals surface area contributed by atoms with E-state index >= 15 is 0 Å². The zero-order valence-electron chi connectivity index (χ0n) is 17.2. The number of rotatable bonds is 6. The van der Waals surface area contributed by atoms with E-state index in [9.17, 15) is 19.2 Å². The van der Waals surface area contributed by atoms with E-state index in [0.29, 0.717) is 18.5 Å². The van der Waals surface area contributed by atoms with Gasteiger partial charge >= 0.3 is 12.0 Å². The highest BCUT2D eigenvalue weighted by atomic mass is 16.5. The van der Waals surface area contributed by atoms with Crippen molar-refractivity contribution < 1.29 is 23.9 Å². The molecule has 0 bridgehead atoms. The summed E-state index contributed by atoms with van der Waals surface area (Å²) in [7, 11) is 0. The van der Waals surface area contributed by atoms with Crippen LogP contribution in [0.4, 0.5) is 10.5 Å². The van der Waals surface area contributed by atoms with E-state index in [4.69, 9.17) is 4.74 Å². The Hall–Kier alpha value is -2.90. The molecule has 1 atom stereocenters. The van der Waals surface area contributed by atoms with Crippen LogP contribution in [0.3, 0.4) is 0 Å². The van der Waals surface area contributed by atoms with E-state index in [1.54, 1.807) is 0 Å². The molecule has 3 aliphatic rings. The number of imide groups is 1. The van der Waals surface area contributed by atoms with Crippen LogP contribution in [0.25, 0.3) is 0 Å². The topological polar surface area (TPSA) is 105 Å².